The second-order valence-electron chi connectivity index (χ2n) is 13.6. The summed E-state index contributed by atoms with van der Waals surface area (Å²) in [6.45, 7) is 13.3. The van der Waals surface area contributed by atoms with Crippen molar-refractivity contribution in [2.75, 3.05) is 49.1 Å². The molecule has 2 atom stereocenters. The van der Waals surface area contributed by atoms with Crippen LogP contribution < -0.4 is 15.1 Å². The van der Waals surface area contributed by atoms with E-state index in [-0.39, 0.29) is 30.2 Å². The number of rotatable bonds is 4. The van der Waals surface area contributed by atoms with E-state index in [1.54, 1.807) is 4.90 Å². The molecule has 4 heterocycles. The predicted molar refractivity (Wildman–Crippen MR) is 155 cm³/mol. The Bertz CT molecular complexity index is 1250. The molecule has 3 saturated heterocycles. The molecule has 1 aromatic carbocycles. The quantitative estimate of drug-likeness (QED) is 0.560. The molecule has 10 heteroatoms. The Labute approximate surface area is 242 Å². The number of benzene rings is 1. The van der Waals surface area contributed by atoms with Crippen LogP contribution in [0.15, 0.2) is 18.2 Å². The molecule has 1 aromatic rings. The van der Waals surface area contributed by atoms with E-state index >= 15 is 0 Å². The summed E-state index contributed by atoms with van der Waals surface area (Å²) < 4.78 is 5.55. The first-order chi connectivity index (χ1) is 19.4. The zero-order valence-corrected chi connectivity index (χ0v) is 24.8. The number of anilines is 2. The molecule has 222 valence electrons. The number of ether oxygens (including phenoxy) is 1. The molecular weight excluding hydrogens is 522 g/mol. The van der Waals surface area contributed by atoms with Gasteiger partial charge in [-0.15, -0.1) is 0 Å². The van der Waals surface area contributed by atoms with Gasteiger partial charge in [0, 0.05) is 63.1 Å². The van der Waals surface area contributed by atoms with E-state index in [0.717, 1.165) is 81.9 Å². The lowest BCUT2D eigenvalue weighted by Crippen LogP contribution is -2.54. The highest BCUT2D eigenvalue weighted by molar-refractivity contribution is 6.15. The van der Waals surface area contributed by atoms with Gasteiger partial charge in [0.25, 0.3) is 0 Å². The minimum absolute atomic E-state index is 0.00931. The summed E-state index contributed by atoms with van der Waals surface area (Å²) in [7, 11) is 0. The fourth-order valence-corrected chi connectivity index (χ4v) is 7.07. The predicted octanol–water partition coefficient (Wildman–Crippen LogP) is 3.03. The van der Waals surface area contributed by atoms with Crippen LogP contribution in [0.4, 0.5) is 16.2 Å². The van der Waals surface area contributed by atoms with Crippen LogP contribution in [0.1, 0.15) is 71.8 Å². The number of carbonyl (C=O) groups is 4. The van der Waals surface area contributed by atoms with Gasteiger partial charge in [-0.05, 0) is 89.5 Å². The second-order valence-corrected chi connectivity index (χ2v) is 13.6. The number of piperidine rings is 2. The first-order valence-electron chi connectivity index (χ1n) is 15.2. The number of imide groups is 1. The zero-order chi connectivity index (χ0) is 29.1. The van der Waals surface area contributed by atoms with Gasteiger partial charge in [-0.2, -0.15) is 0 Å². The largest absolute Gasteiger partial charge is 0.444 e. The summed E-state index contributed by atoms with van der Waals surface area (Å²) in [5.74, 6) is -0.0614. The number of amides is 4. The van der Waals surface area contributed by atoms with Gasteiger partial charge >= 0.3 is 6.09 Å². The Kier molecular flexibility index (Phi) is 7.03. The average Bonchev–Trinajstić information content (AvgIpc) is 3.69. The molecule has 0 aromatic heterocycles. The fraction of sp³-hybridized carbons (Fsp3) is 0.677. The highest BCUT2D eigenvalue weighted by Crippen LogP contribution is 2.58. The van der Waals surface area contributed by atoms with Crippen LogP contribution in [0.5, 0.6) is 0 Å². The standard InChI is InChI=1S/C31H43N5O5/c1-20-18-35(16-15-34(20)19-21-9-13-33(14-10-21)29(40)41-30(2,3)4)22-5-6-24-23(17-22)31(11-12-31)28(39)36(24)25-7-8-26(37)32-27(25)38/h5-6,17,20-21,25H,7-16,18-19H2,1-4H3,(H,32,37,38). The molecule has 4 amide bonds. The maximum absolute atomic E-state index is 13.6. The zero-order valence-electron chi connectivity index (χ0n) is 24.8. The minimum atomic E-state index is -0.621. The first kappa shape index (κ1) is 28.0. The smallest absolute Gasteiger partial charge is 0.410 e. The summed E-state index contributed by atoms with van der Waals surface area (Å²) in [6, 6.07) is 6.04. The van der Waals surface area contributed by atoms with Crippen LogP contribution in [0.2, 0.25) is 0 Å². The SMILES string of the molecule is CC1CN(c2ccc3c(c2)C2(CC2)C(=O)N3C2CCC(=O)NC2=O)CCN1CC1CCN(C(=O)OC(C)(C)C)CC1. The number of hydrogen-bond acceptors (Lipinski definition) is 7. The lowest BCUT2D eigenvalue weighted by atomic mass is 9.95. The maximum atomic E-state index is 13.6. The van der Waals surface area contributed by atoms with Crippen molar-refractivity contribution in [2.24, 2.45) is 5.92 Å². The molecule has 1 saturated carbocycles. The highest BCUT2D eigenvalue weighted by atomic mass is 16.6. The normalized spacial score (nSPS) is 26.8. The number of fused-ring (bicyclic) bond motifs is 2. The minimum Gasteiger partial charge on any atom is -0.444 e. The number of nitrogens with one attached hydrogen (secondary N) is 1. The van der Waals surface area contributed by atoms with Gasteiger partial charge in [0.15, 0.2) is 0 Å². The average molecular weight is 566 g/mol. The molecule has 1 N–H and O–H groups in total. The van der Waals surface area contributed by atoms with Crippen LogP contribution in [-0.4, -0.2) is 90.6 Å². The summed E-state index contributed by atoms with van der Waals surface area (Å²) in [6.07, 6.45) is 4.03. The molecule has 1 aliphatic carbocycles. The van der Waals surface area contributed by atoms with E-state index in [4.69, 9.17) is 4.74 Å². The molecule has 5 aliphatic rings. The number of likely N-dealkylation sites (tertiary alicyclic amines) is 1. The Morgan fingerprint density at radius 3 is 2.41 bits per heavy atom. The molecule has 41 heavy (non-hydrogen) atoms. The van der Waals surface area contributed by atoms with Crippen molar-refractivity contribution in [3.63, 3.8) is 0 Å². The van der Waals surface area contributed by atoms with Crippen molar-refractivity contribution in [3.8, 4) is 0 Å². The highest BCUT2D eigenvalue weighted by Gasteiger charge is 2.61. The van der Waals surface area contributed by atoms with E-state index in [2.05, 4.69) is 34.2 Å². The molecule has 1 spiro atoms. The van der Waals surface area contributed by atoms with Gasteiger partial charge in [-0.1, -0.05) is 0 Å². The first-order valence-corrected chi connectivity index (χ1v) is 15.2. The number of piperazine rings is 1. The van der Waals surface area contributed by atoms with Gasteiger partial charge in [0.05, 0.1) is 5.41 Å². The van der Waals surface area contributed by atoms with E-state index in [0.29, 0.717) is 18.4 Å². The number of nitrogens with zero attached hydrogens (tertiary/aromatic N) is 4. The molecule has 10 nitrogen and oxygen atoms in total. The van der Waals surface area contributed by atoms with Gasteiger partial charge < -0.3 is 14.5 Å². The Morgan fingerprint density at radius 1 is 1.05 bits per heavy atom. The third kappa shape index (κ3) is 5.31. The molecular formula is C31H43N5O5. The van der Waals surface area contributed by atoms with Crippen molar-refractivity contribution in [2.45, 2.75) is 89.3 Å². The van der Waals surface area contributed by atoms with Crippen LogP contribution in [0, 0.1) is 5.92 Å². The molecule has 4 aliphatic heterocycles. The topological polar surface area (TPSA) is 102 Å². The molecule has 0 bridgehead atoms. The Hall–Kier alpha value is -3.14. The van der Waals surface area contributed by atoms with Crippen molar-refractivity contribution >= 4 is 35.2 Å². The van der Waals surface area contributed by atoms with Crippen molar-refractivity contribution < 1.29 is 23.9 Å². The molecule has 6 rings (SSSR count). The van der Waals surface area contributed by atoms with Crippen LogP contribution in [0.25, 0.3) is 0 Å². The fourth-order valence-electron chi connectivity index (χ4n) is 7.07. The van der Waals surface area contributed by atoms with E-state index in [9.17, 15) is 19.2 Å². The van der Waals surface area contributed by atoms with E-state index in [1.165, 1.54) is 0 Å². The summed E-state index contributed by atoms with van der Waals surface area (Å²) in [5, 5.41) is 2.41. The van der Waals surface area contributed by atoms with Crippen molar-refractivity contribution in [1.82, 2.24) is 15.1 Å². The van der Waals surface area contributed by atoms with Crippen LogP contribution in [0.3, 0.4) is 0 Å². The second kappa shape index (κ2) is 10.3. The third-order valence-electron chi connectivity index (χ3n) is 9.54. The lowest BCUT2D eigenvalue weighted by molar-refractivity contribution is -0.135. The monoisotopic (exact) mass is 565 g/mol. The van der Waals surface area contributed by atoms with E-state index < -0.39 is 17.1 Å². The summed E-state index contributed by atoms with van der Waals surface area (Å²) in [5.41, 5.74) is 2.02. The van der Waals surface area contributed by atoms with Crippen molar-refractivity contribution in [1.29, 1.82) is 0 Å². The van der Waals surface area contributed by atoms with Crippen LogP contribution >= 0.6 is 0 Å². The van der Waals surface area contributed by atoms with Crippen LogP contribution in [-0.2, 0) is 24.5 Å². The Balaban J connectivity index is 1.07. The third-order valence-corrected chi connectivity index (χ3v) is 9.54. The molecule has 4 fully saturated rings. The van der Waals surface area contributed by atoms with Crippen molar-refractivity contribution in [3.05, 3.63) is 23.8 Å². The summed E-state index contributed by atoms with van der Waals surface area (Å²) >= 11 is 0. The molecule has 0 radical (unpaired) electrons. The Morgan fingerprint density at radius 2 is 1.78 bits per heavy atom. The number of carbonyl (C=O) groups excluding carboxylic acids is 4. The van der Waals surface area contributed by atoms with Gasteiger partial charge in [0.2, 0.25) is 17.7 Å². The van der Waals surface area contributed by atoms with E-state index in [1.807, 2.05) is 31.7 Å². The van der Waals surface area contributed by atoms with Gasteiger partial charge in [-0.25, -0.2) is 4.79 Å². The van der Waals surface area contributed by atoms with Gasteiger partial charge in [0.1, 0.15) is 11.6 Å². The lowest BCUT2D eigenvalue weighted by Gasteiger charge is -2.43. The van der Waals surface area contributed by atoms with Gasteiger partial charge in [-0.3, -0.25) is 29.5 Å². The summed E-state index contributed by atoms with van der Waals surface area (Å²) in [4.78, 5) is 58.8. The molecule has 2 unspecified atom stereocenters. The maximum Gasteiger partial charge on any atom is 0.410 e. The number of hydrogen-bond donors (Lipinski definition) is 1.